The maximum Gasteiger partial charge on any atom is 0.251 e. The third-order valence-electron chi connectivity index (χ3n) is 4.61. The Morgan fingerprint density at radius 3 is 2.38 bits per heavy atom. The molecule has 3 N–H and O–H groups in total. The van der Waals surface area contributed by atoms with Crippen LogP contribution in [0.1, 0.15) is 29.3 Å². The van der Waals surface area contributed by atoms with E-state index in [2.05, 4.69) is 5.32 Å². The van der Waals surface area contributed by atoms with Gasteiger partial charge in [-0.2, -0.15) is 0 Å². The molecule has 2 aromatic carbocycles. The first-order valence-electron chi connectivity index (χ1n) is 10.3. The predicted octanol–water partition coefficient (Wildman–Crippen LogP) is 3.18. The predicted molar refractivity (Wildman–Crippen MR) is 119 cm³/mol. The summed E-state index contributed by atoms with van der Waals surface area (Å²) in [6, 6.07) is 15.5. The largest absolute Gasteiger partial charge is 0.376 e. The zero-order valence-electron chi connectivity index (χ0n) is 18.0. The number of carbonyl (C=O) groups excluding carboxylic acids is 2. The Morgan fingerprint density at radius 1 is 1.00 bits per heavy atom. The quantitative estimate of drug-likeness (QED) is 0.171. The van der Waals surface area contributed by atoms with E-state index in [4.69, 9.17) is 31.0 Å². The number of amides is 2. The van der Waals surface area contributed by atoms with Crippen molar-refractivity contribution in [2.75, 3.05) is 26.6 Å². The van der Waals surface area contributed by atoms with Gasteiger partial charge in [-0.05, 0) is 43.2 Å². The Morgan fingerprint density at radius 2 is 1.72 bits per heavy atom. The molecular formula is C23H29ClN2O6. The molecule has 2 aromatic rings. The average Bonchev–Trinajstić information content (AvgIpc) is 2.81. The monoisotopic (exact) mass is 464 g/mol. The highest BCUT2D eigenvalue weighted by Gasteiger charge is 2.25. The van der Waals surface area contributed by atoms with Crippen LogP contribution in [0.3, 0.4) is 0 Å². The third-order valence-corrected chi connectivity index (χ3v) is 4.86. The van der Waals surface area contributed by atoms with Crippen molar-refractivity contribution in [3.05, 3.63) is 70.7 Å². The molecule has 32 heavy (non-hydrogen) atoms. The second-order valence-electron chi connectivity index (χ2n) is 7.07. The molecule has 0 heterocycles. The molecule has 0 aliphatic heterocycles. The molecule has 0 fully saturated rings. The van der Waals surface area contributed by atoms with Crippen LogP contribution >= 0.6 is 11.6 Å². The number of benzene rings is 2. The second kappa shape index (κ2) is 14.5. The van der Waals surface area contributed by atoms with Crippen LogP contribution in [-0.2, 0) is 25.6 Å². The smallest absolute Gasteiger partial charge is 0.251 e. The molecule has 9 heteroatoms. The molecule has 2 rings (SSSR count). The van der Waals surface area contributed by atoms with Gasteiger partial charge in [0.25, 0.3) is 5.91 Å². The molecule has 0 aromatic heterocycles. The minimum Gasteiger partial charge on any atom is -0.376 e. The van der Waals surface area contributed by atoms with Gasteiger partial charge in [0.05, 0.1) is 31.8 Å². The maximum atomic E-state index is 12.7. The lowest BCUT2D eigenvalue weighted by atomic mass is 9.99. The Labute approximate surface area is 192 Å². The van der Waals surface area contributed by atoms with Crippen molar-refractivity contribution in [3.8, 4) is 0 Å². The molecule has 0 radical (unpaired) electrons. The van der Waals surface area contributed by atoms with Crippen molar-refractivity contribution in [3.63, 3.8) is 0 Å². The maximum absolute atomic E-state index is 12.7. The highest BCUT2D eigenvalue weighted by molar-refractivity contribution is 6.30. The van der Waals surface area contributed by atoms with E-state index in [-0.39, 0.29) is 32.3 Å². The first-order chi connectivity index (χ1) is 15.5. The zero-order chi connectivity index (χ0) is 23.2. The fourth-order valence-electron chi connectivity index (χ4n) is 2.95. The van der Waals surface area contributed by atoms with Gasteiger partial charge >= 0.3 is 0 Å². The summed E-state index contributed by atoms with van der Waals surface area (Å²) in [6.07, 6.45) is 0.187. The summed E-state index contributed by atoms with van der Waals surface area (Å²) >= 11 is 5.89. The Balaban J connectivity index is 2.01. The van der Waals surface area contributed by atoms with Crippen molar-refractivity contribution in [2.45, 2.75) is 26.0 Å². The first kappa shape index (κ1) is 25.8. The van der Waals surface area contributed by atoms with Crippen LogP contribution in [0.2, 0.25) is 5.02 Å². The molecule has 2 amide bonds. The summed E-state index contributed by atoms with van der Waals surface area (Å²) < 4.78 is 16.4. The van der Waals surface area contributed by atoms with Gasteiger partial charge in [-0.3, -0.25) is 14.8 Å². The summed E-state index contributed by atoms with van der Waals surface area (Å²) in [5.41, 5.74) is 3.06. The fourth-order valence-corrected chi connectivity index (χ4v) is 3.08. The van der Waals surface area contributed by atoms with Crippen molar-refractivity contribution in [1.29, 1.82) is 0 Å². The van der Waals surface area contributed by atoms with Crippen LogP contribution in [-0.4, -0.2) is 49.7 Å². The van der Waals surface area contributed by atoms with E-state index in [1.807, 2.05) is 37.3 Å². The zero-order valence-corrected chi connectivity index (χ0v) is 18.7. The van der Waals surface area contributed by atoms with E-state index in [0.717, 1.165) is 5.56 Å². The molecule has 8 nitrogen and oxygen atoms in total. The van der Waals surface area contributed by atoms with Gasteiger partial charge in [-0.1, -0.05) is 41.9 Å². The summed E-state index contributed by atoms with van der Waals surface area (Å²) in [6.45, 7) is 2.89. The van der Waals surface area contributed by atoms with E-state index in [0.29, 0.717) is 23.8 Å². The minimum absolute atomic E-state index is 0.0556. The Hall–Kier alpha value is -2.49. The van der Waals surface area contributed by atoms with E-state index >= 15 is 0 Å². The number of hydrogen-bond donors (Lipinski definition) is 3. The fraction of sp³-hybridized carbons (Fsp3) is 0.391. The molecule has 0 saturated carbocycles. The highest BCUT2D eigenvalue weighted by Crippen LogP contribution is 2.13. The third kappa shape index (κ3) is 9.33. The normalized spacial score (nSPS) is 12.7. The highest BCUT2D eigenvalue weighted by atomic mass is 35.5. The summed E-state index contributed by atoms with van der Waals surface area (Å²) in [5, 5.41) is 12.5. The topological polar surface area (TPSA) is 106 Å². The molecule has 0 aliphatic carbocycles. The number of halogens is 1. The van der Waals surface area contributed by atoms with Crippen molar-refractivity contribution < 1.29 is 29.0 Å². The van der Waals surface area contributed by atoms with E-state index in [9.17, 15) is 9.59 Å². The molecule has 0 bridgehead atoms. The van der Waals surface area contributed by atoms with Gasteiger partial charge < -0.3 is 19.5 Å². The van der Waals surface area contributed by atoms with Crippen LogP contribution in [0, 0.1) is 5.92 Å². The Kier molecular flexibility index (Phi) is 11.7. The number of ether oxygens (including phenoxy) is 3. The number of nitrogens with one attached hydrogen (secondary N) is 2. The average molecular weight is 465 g/mol. The van der Waals surface area contributed by atoms with E-state index in [1.54, 1.807) is 29.7 Å². The van der Waals surface area contributed by atoms with Gasteiger partial charge in [-0.15, -0.1) is 0 Å². The van der Waals surface area contributed by atoms with Crippen LogP contribution in [0.15, 0.2) is 54.6 Å². The molecule has 0 saturated heterocycles. The lowest BCUT2D eigenvalue weighted by Gasteiger charge is -2.23. The van der Waals surface area contributed by atoms with Crippen LogP contribution in [0.5, 0.6) is 0 Å². The van der Waals surface area contributed by atoms with Crippen LogP contribution in [0.4, 0.5) is 0 Å². The van der Waals surface area contributed by atoms with Gasteiger partial charge in [0.1, 0.15) is 6.79 Å². The molecule has 2 atom stereocenters. The first-order valence-corrected chi connectivity index (χ1v) is 10.7. The minimum atomic E-state index is -0.713. The second-order valence-corrected chi connectivity index (χ2v) is 7.50. The number of hydrogen-bond acceptors (Lipinski definition) is 6. The molecule has 174 valence electrons. The molecule has 0 aliphatic rings. The molecular weight excluding hydrogens is 436 g/mol. The Bertz CT molecular complexity index is 819. The number of carbonyl (C=O) groups is 2. The SMILES string of the molecule is CCOCOCC(CC(COCc1ccccc1)C(=O)NO)NC(=O)c1ccc(Cl)cc1. The van der Waals surface area contributed by atoms with Crippen molar-refractivity contribution in [2.24, 2.45) is 5.92 Å². The van der Waals surface area contributed by atoms with Crippen LogP contribution < -0.4 is 10.8 Å². The van der Waals surface area contributed by atoms with Crippen molar-refractivity contribution >= 4 is 23.4 Å². The van der Waals surface area contributed by atoms with Crippen molar-refractivity contribution in [1.82, 2.24) is 10.8 Å². The molecule has 2 unspecified atom stereocenters. The van der Waals surface area contributed by atoms with Crippen LogP contribution in [0.25, 0.3) is 0 Å². The lowest BCUT2D eigenvalue weighted by molar-refractivity contribution is -0.136. The van der Waals surface area contributed by atoms with E-state index < -0.39 is 17.9 Å². The van der Waals surface area contributed by atoms with Gasteiger partial charge in [0.15, 0.2) is 0 Å². The number of hydroxylamine groups is 1. The number of rotatable bonds is 14. The summed E-state index contributed by atoms with van der Waals surface area (Å²) in [7, 11) is 0. The van der Waals surface area contributed by atoms with Gasteiger partial charge in [0, 0.05) is 17.2 Å². The standard InChI is InChI=1S/C23H29ClN2O6/c1-2-30-16-32-15-21(25-22(27)18-8-10-20(24)11-9-18)12-19(23(28)26-29)14-31-13-17-6-4-3-5-7-17/h3-11,19,21,29H,2,12-16H2,1H3,(H,25,27)(H,26,28). The van der Waals surface area contributed by atoms with Gasteiger partial charge in [-0.25, -0.2) is 5.48 Å². The van der Waals surface area contributed by atoms with Gasteiger partial charge in [0.2, 0.25) is 5.91 Å². The lowest BCUT2D eigenvalue weighted by Crippen LogP contribution is -2.43. The van der Waals surface area contributed by atoms with E-state index in [1.165, 1.54) is 0 Å². The summed E-state index contributed by atoms with van der Waals surface area (Å²) in [4.78, 5) is 24.9. The molecule has 0 spiro atoms. The summed E-state index contributed by atoms with van der Waals surface area (Å²) in [5.74, 6) is -1.65.